The second-order valence-corrected chi connectivity index (χ2v) is 7.25. The first-order chi connectivity index (χ1) is 14.5. The van der Waals surface area contributed by atoms with E-state index in [0.717, 1.165) is 5.56 Å². The van der Waals surface area contributed by atoms with E-state index >= 15 is 0 Å². The highest BCUT2D eigenvalue weighted by molar-refractivity contribution is 6.30. The second-order valence-electron chi connectivity index (χ2n) is 6.81. The molecule has 0 bridgehead atoms. The molecule has 2 aromatic carbocycles. The summed E-state index contributed by atoms with van der Waals surface area (Å²) in [6.45, 7) is 2.85. The molecule has 2 aromatic heterocycles. The number of amides is 1. The molecule has 1 N–H and O–H groups in total. The lowest BCUT2D eigenvalue weighted by Crippen LogP contribution is -2.15. The van der Waals surface area contributed by atoms with Crippen LogP contribution in [0.25, 0.3) is 0 Å². The minimum atomic E-state index is -0.336. The Bertz CT molecular complexity index is 1170. The summed E-state index contributed by atoms with van der Waals surface area (Å²) in [5.74, 6) is 0.762. The van der Waals surface area contributed by atoms with Crippen LogP contribution in [0.4, 0.5) is 5.82 Å². The first-order valence-corrected chi connectivity index (χ1v) is 9.75. The summed E-state index contributed by atoms with van der Waals surface area (Å²) in [4.78, 5) is 12.5. The van der Waals surface area contributed by atoms with Gasteiger partial charge in [0.2, 0.25) is 0 Å². The van der Waals surface area contributed by atoms with Crippen LogP contribution in [0.2, 0.25) is 5.02 Å². The molecule has 30 heavy (non-hydrogen) atoms. The Hall–Kier alpha value is -3.58. The van der Waals surface area contributed by atoms with E-state index in [-0.39, 0.29) is 18.3 Å². The number of ether oxygens (including phenoxy) is 1. The number of aryl methyl sites for hydroxylation is 1. The summed E-state index contributed by atoms with van der Waals surface area (Å²) in [5.41, 5.74) is 2.62. The summed E-state index contributed by atoms with van der Waals surface area (Å²) in [7, 11) is 0. The van der Waals surface area contributed by atoms with Gasteiger partial charge in [0.15, 0.2) is 18.2 Å². The lowest BCUT2D eigenvalue weighted by Gasteiger charge is -2.06. The molecule has 1 amide bonds. The standard InChI is InChI=1S/C22H20ClN5O2/c1-16-4-2-5-17(12-16)14-27-11-9-21(26-27)24-22(29)20-8-10-28(25-20)15-30-19-7-3-6-18(23)13-19/h2-13H,14-15H2,1H3,(H,24,26,29). The lowest BCUT2D eigenvalue weighted by atomic mass is 10.1. The normalized spacial score (nSPS) is 10.7. The number of benzene rings is 2. The molecule has 4 rings (SSSR count). The van der Waals surface area contributed by atoms with Crippen molar-refractivity contribution in [2.24, 2.45) is 0 Å². The fourth-order valence-corrected chi connectivity index (χ4v) is 3.13. The van der Waals surface area contributed by atoms with Gasteiger partial charge in [0.05, 0.1) is 6.54 Å². The summed E-state index contributed by atoms with van der Waals surface area (Å²) < 4.78 is 8.93. The molecule has 0 aliphatic heterocycles. The molecule has 8 heteroatoms. The van der Waals surface area contributed by atoms with Crippen molar-refractivity contribution in [1.82, 2.24) is 19.6 Å². The molecule has 0 radical (unpaired) electrons. The van der Waals surface area contributed by atoms with E-state index in [9.17, 15) is 4.79 Å². The Morgan fingerprint density at radius 3 is 2.70 bits per heavy atom. The highest BCUT2D eigenvalue weighted by atomic mass is 35.5. The van der Waals surface area contributed by atoms with E-state index in [0.29, 0.717) is 23.1 Å². The first kappa shape index (κ1) is 19.7. The van der Waals surface area contributed by atoms with Gasteiger partial charge < -0.3 is 10.1 Å². The predicted molar refractivity (Wildman–Crippen MR) is 115 cm³/mol. The molecule has 0 spiro atoms. The van der Waals surface area contributed by atoms with Crippen molar-refractivity contribution in [2.75, 3.05) is 5.32 Å². The Labute approximate surface area is 178 Å². The Kier molecular flexibility index (Phi) is 5.81. The van der Waals surface area contributed by atoms with Crippen molar-refractivity contribution in [2.45, 2.75) is 20.2 Å². The molecular formula is C22H20ClN5O2. The maximum absolute atomic E-state index is 12.5. The number of nitrogens with one attached hydrogen (secondary N) is 1. The summed E-state index contributed by atoms with van der Waals surface area (Å²) >= 11 is 5.94. The van der Waals surface area contributed by atoms with E-state index < -0.39 is 0 Å². The molecule has 0 atom stereocenters. The van der Waals surface area contributed by atoms with E-state index in [4.69, 9.17) is 16.3 Å². The maximum Gasteiger partial charge on any atom is 0.277 e. The zero-order chi connectivity index (χ0) is 20.9. The van der Waals surface area contributed by atoms with Crippen molar-refractivity contribution in [3.63, 3.8) is 0 Å². The van der Waals surface area contributed by atoms with Crippen LogP contribution in [0.3, 0.4) is 0 Å². The highest BCUT2D eigenvalue weighted by Gasteiger charge is 2.12. The van der Waals surface area contributed by atoms with Crippen LogP contribution in [0.5, 0.6) is 5.75 Å². The van der Waals surface area contributed by atoms with E-state index in [1.807, 2.05) is 18.3 Å². The van der Waals surface area contributed by atoms with Crippen molar-refractivity contribution in [1.29, 1.82) is 0 Å². The van der Waals surface area contributed by atoms with E-state index in [1.54, 1.807) is 47.3 Å². The Balaban J connectivity index is 1.34. The topological polar surface area (TPSA) is 74.0 Å². The number of hydrogen-bond donors (Lipinski definition) is 1. The van der Waals surface area contributed by atoms with Crippen LogP contribution in [-0.2, 0) is 13.3 Å². The van der Waals surface area contributed by atoms with Gasteiger partial charge in [-0.2, -0.15) is 10.2 Å². The molecule has 152 valence electrons. The number of carbonyl (C=O) groups is 1. The number of hydrogen-bond acceptors (Lipinski definition) is 4. The molecule has 0 unspecified atom stereocenters. The van der Waals surface area contributed by atoms with Crippen LogP contribution in [-0.4, -0.2) is 25.5 Å². The van der Waals surface area contributed by atoms with Crippen LogP contribution in [0, 0.1) is 6.92 Å². The summed E-state index contributed by atoms with van der Waals surface area (Å²) in [6, 6.07) is 18.7. The van der Waals surface area contributed by atoms with Gasteiger partial charge in [0.1, 0.15) is 5.75 Å². The molecule has 7 nitrogen and oxygen atoms in total. The van der Waals surface area contributed by atoms with Gasteiger partial charge in [-0.3, -0.25) is 9.48 Å². The fraction of sp³-hybridized carbons (Fsp3) is 0.136. The quantitative estimate of drug-likeness (QED) is 0.480. The Morgan fingerprint density at radius 1 is 1.03 bits per heavy atom. The second kappa shape index (κ2) is 8.84. The summed E-state index contributed by atoms with van der Waals surface area (Å²) in [5, 5.41) is 12.0. The Morgan fingerprint density at radius 2 is 1.87 bits per heavy atom. The van der Waals surface area contributed by atoms with Crippen molar-refractivity contribution in [3.05, 3.63) is 94.9 Å². The minimum Gasteiger partial charge on any atom is -0.471 e. The van der Waals surface area contributed by atoms with Gasteiger partial charge in [-0.1, -0.05) is 47.5 Å². The van der Waals surface area contributed by atoms with E-state index in [1.165, 1.54) is 10.2 Å². The van der Waals surface area contributed by atoms with Gasteiger partial charge in [-0.15, -0.1) is 0 Å². The number of carbonyl (C=O) groups excluding carboxylic acids is 1. The number of anilines is 1. The molecule has 0 saturated carbocycles. The van der Waals surface area contributed by atoms with Crippen LogP contribution < -0.4 is 10.1 Å². The molecule has 0 fully saturated rings. The lowest BCUT2D eigenvalue weighted by molar-refractivity contribution is 0.101. The van der Waals surface area contributed by atoms with Crippen LogP contribution in [0.1, 0.15) is 21.6 Å². The van der Waals surface area contributed by atoms with E-state index in [2.05, 4.69) is 34.6 Å². The number of rotatable bonds is 7. The maximum atomic E-state index is 12.5. The third-order valence-corrected chi connectivity index (χ3v) is 4.58. The molecule has 0 aliphatic carbocycles. The SMILES string of the molecule is Cc1cccc(Cn2ccc(NC(=O)c3ccn(COc4cccc(Cl)c4)n3)n2)c1. The molecular weight excluding hydrogens is 402 g/mol. The molecule has 4 aromatic rings. The van der Waals surface area contributed by atoms with Gasteiger partial charge in [0, 0.05) is 23.5 Å². The average molecular weight is 422 g/mol. The number of aromatic nitrogens is 4. The summed E-state index contributed by atoms with van der Waals surface area (Å²) in [6.07, 6.45) is 3.51. The van der Waals surface area contributed by atoms with Crippen LogP contribution >= 0.6 is 11.6 Å². The van der Waals surface area contributed by atoms with Crippen molar-refractivity contribution in [3.8, 4) is 5.75 Å². The van der Waals surface area contributed by atoms with Gasteiger partial charge in [-0.05, 0) is 36.8 Å². The molecule has 2 heterocycles. The monoisotopic (exact) mass is 421 g/mol. The van der Waals surface area contributed by atoms with Gasteiger partial charge in [-0.25, -0.2) is 4.68 Å². The molecule has 0 saturated heterocycles. The van der Waals surface area contributed by atoms with Gasteiger partial charge in [0.25, 0.3) is 5.91 Å². The average Bonchev–Trinajstić information content (AvgIpc) is 3.36. The van der Waals surface area contributed by atoms with Crippen LogP contribution in [0.15, 0.2) is 73.1 Å². The fourth-order valence-electron chi connectivity index (χ4n) is 2.95. The van der Waals surface area contributed by atoms with Crippen molar-refractivity contribution < 1.29 is 9.53 Å². The number of nitrogens with zero attached hydrogens (tertiary/aromatic N) is 4. The first-order valence-electron chi connectivity index (χ1n) is 9.37. The molecule has 0 aliphatic rings. The third kappa shape index (κ3) is 5.07. The highest BCUT2D eigenvalue weighted by Crippen LogP contribution is 2.17. The zero-order valence-corrected chi connectivity index (χ0v) is 17.1. The smallest absolute Gasteiger partial charge is 0.277 e. The minimum absolute atomic E-state index is 0.165. The zero-order valence-electron chi connectivity index (χ0n) is 16.3. The predicted octanol–water partition coefficient (Wildman–Crippen LogP) is 4.38. The largest absolute Gasteiger partial charge is 0.471 e. The van der Waals surface area contributed by atoms with Gasteiger partial charge >= 0.3 is 0 Å². The third-order valence-electron chi connectivity index (χ3n) is 4.34. The van der Waals surface area contributed by atoms with Crippen molar-refractivity contribution >= 4 is 23.3 Å². The number of halogens is 1.